The van der Waals surface area contributed by atoms with E-state index in [4.69, 9.17) is 5.73 Å². The molecular weight excluding hydrogens is 296 g/mol. The van der Waals surface area contributed by atoms with E-state index in [1.165, 1.54) is 0 Å². The van der Waals surface area contributed by atoms with Crippen molar-refractivity contribution in [2.45, 2.75) is 12.7 Å². The summed E-state index contributed by atoms with van der Waals surface area (Å²) in [5.74, 6) is -1.41. The second-order valence-electron chi connectivity index (χ2n) is 4.13. The van der Waals surface area contributed by atoms with Crippen molar-refractivity contribution in [2.75, 3.05) is 5.73 Å². The maximum absolute atomic E-state index is 13.0. The number of hydrogen-bond donors (Lipinski definition) is 1. The lowest BCUT2D eigenvalue weighted by atomic mass is 10.1. The highest BCUT2D eigenvalue weighted by Crippen LogP contribution is 2.33. The van der Waals surface area contributed by atoms with Crippen LogP contribution in [0.5, 0.6) is 0 Å². The molecule has 0 saturated carbocycles. The van der Waals surface area contributed by atoms with E-state index in [2.05, 4.69) is 5.10 Å². The molecule has 0 atom stereocenters. The molecule has 0 radical (unpaired) electrons. The quantitative estimate of drug-likeness (QED) is 0.536. The van der Waals surface area contributed by atoms with Gasteiger partial charge in [-0.25, -0.2) is 9.07 Å². The lowest BCUT2D eigenvalue weighted by Gasteiger charge is -2.13. The number of halogens is 4. The fraction of sp³-hybridized carbons (Fsp3) is 0.182. The third-order valence-electron chi connectivity index (χ3n) is 2.75. The fourth-order valence-electron chi connectivity index (χ4n) is 1.76. The lowest BCUT2D eigenvalue weighted by molar-refractivity contribution is -0.384. The lowest BCUT2D eigenvalue weighted by Crippen LogP contribution is -2.14. The van der Waals surface area contributed by atoms with Crippen LogP contribution in [0.2, 0.25) is 0 Å². The van der Waals surface area contributed by atoms with E-state index >= 15 is 0 Å². The molecule has 2 aromatic rings. The average molecular weight is 304 g/mol. The Morgan fingerprint density at radius 3 is 2.57 bits per heavy atom. The van der Waals surface area contributed by atoms with Gasteiger partial charge in [0.2, 0.25) is 5.82 Å². The zero-order valence-corrected chi connectivity index (χ0v) is 10.3. The molecule has 10 heteroatoms. The number of rotatable bonds is 3. The van der Waals surface area contributed by atoms with Gasteiger partial charge in [-0.1, -0.05) is 6.07 Å². The highest BCUT2D eigenvalue weighted by atomic mass is 19.4. The third-order valence-corrected chi connectivity index (χ3v) is 2.75. The summed E-state index contributed by atoms with van der Waals surface area (Å²) in [5, 5.41) is 14.2. The van der Waals surface area contributed by atoms with Crippen molar-refractivity contribution in [3.8, 4) is 0 Å². The normalized spacial score (nSPS) is 11.6. The summed E-state index contributed by atoms with van der Waals surface area (Å²) in [6.45, 7) is -0.463. The standard InChI is InChI=1S/C11H8F4N4O2/c12-7-2-1-6(8(3-7)11(13,14)15)5-18-10(16)9(4-17-18)19(20)21/h1-4H,5,16H2. The molecule has 0 aliphatic heterocycles. The van der Waals surface area contributed by atoms with Crippen LogP contribution >= 0.6 is 0 Å². The largest absolute Gasteiger partial charge is 0.416 e. The second kappa shape index (κ2) is 5.04. The number of hydrogen-bond acceptors (Lipinski definition) is 4. The summed E-state index contributed by atoms with van der Waals surface area (Å²) < 4.78 is 52.3. The Morgan fingerprint density at radius 1 is 1.38 bits per heavy atom. The number of nitrogens with two attached hydrogens (primary N) is 1. The summed E-state index contributed by atoms with van der Waals surface area (Å²) in [6.07, 6.45) is -3.92. The van der Waals surface area contributed by atoms with Crippen LogP contribution in [0.1, 0.15) is 11.1 Å². The van der Waals surface area contributed by atoms with Crippen LogP contribution in [-0.2, 0) is 12.7 Å². The number of alkyl halides is 3. The van der Waals surface area contributed by atoms with Crippen molar-refractivity contribution in [3.05, 3.63) is 51.5 Å². The Morgan fingerprint density at radius 2 is 2.05 bits per heavy atom. The predicted octanol–water partition coefficient (Wildman–Crippen LogP) is 2.58. The Hall–Kier alpha value is -2.65. The van der Waals surface area contributed by atoms with Crippen LogP contribution in [-0.4, -0.2) is 14.7 Å². The molecule has 0 bridgehead atoms. The van der Waals surface area contributed by atoms with Crippen LogP contribution < -0.4 is 5.73 Å². The van der Waals surface area contributed by atoms with Crippen molar-refractivity contribution in [2.24, 2.45) is 0 Å². The van der Waals surface area contributed by atoms with Crippen LogP contribution in [0.3, 0.4) is 0 Å². The highest BCUT2D eigenvalue weighted by Gasteiger charge is 2.34. The molecule has 0 spiro atoms. The first kappa shape index (κ1) is 14.8. The molecule has 1 heterocycles. The minimum atomic E-state index is -4.76. The smallest absolute Gasteiger partial charge is 0.378 e. The maximum Gasteiger partial charge on any atom is 0.416 e. The van der Waals surface area contributed by atoms with E-state index in [0.29, 0.717) is 6.07 Å². The number of anilines is 1. The molecule has 2 rings (SSSR count). The van der Waals surface area contributed by atoms with E-state index in [9.17, 15) is 27.7 Å². The van der Waals surface area contributed by atoms with Crippen molar-refractivity contribution in [3.63, 3.8) is 0 Å². The first-order chi connectivity index (χ1) is 9.70. The minimum Gasteiger partial charge on any atom is -0.378 e. The summed E-state index contributed by atoms with van der Waals surface area (Å²) in [5.41, 5.74) is 3.46. The zero-order chi connectivity index (χ0) is 15.8. The molecule has 0 aliphatic carbocycles. The molecule has 0 fully saturated rings. The van der Waals surface area contributed by atoms with Gasteiger partial charge >= 0.3 is 11.9 Å². The topological polar surface area (TPSA) is 87.0 Å². The maximum atomic E-state index is 13.0. The Labute approximate surface area is 114 Å². The Bertz CT molecular complexity index is 696. The van der Waals surface area contributed by atoms with E-state index in [1.54, 1.807) is 0 Å². The van der Waals surface area contributed by atoms with Crippen molar-refractivity contribution < 1.29 is 22.5 Å². The van der Waals surface area contributed by atoms with Crippen molar-refractivity contribution >= 4 is 11.5 Å². The number of benzene rings is 1. The number of nitro groups is 1. The second-order valence-corrected chi connectivity index (χ2v) is 4.13. The van der Waals surface area contributed by atoms with Gasteiger partial charge in [-0.05, 0) is 17.7 Å². The Balaban J connectivity index is 2.43. The highest BCUT2D eigenvalue weighted by molar-refractivity contribution is 5.51. The fourth-order valence-corrected chi connectivity index (χ4v) is 1.76. The Kier molecular flexibility index (Phi) is 3.54. The van der Waals surface area contributed by atoms with Crippen LogP contribution in [0.4, 0.5) is 29.1 Å². The van der Waals surface area contributed by atoms with E-state index < -0.39 is 34.7 Å². The molecule has 0 amide bonds. The molecule has 1 aromatic heterocycles. The van der Waals surface area contributed by atoms with Gasteiger partial charge in [0.1, 0.15) is 12.0 Å². The third kappa shape index (κ3) is 2.93. The molecule has 0 aliphatic rings. The molecule has 21 heavy (non-hydrogen) atoms. The monoisotopic (exact) mass is 304 g/mol. The van der Waals surface area contributed by atoms with Crippen LogP contribution in [0.15, 0.2) is 24.4 Å². The molecule has 2 N–H and O–H groups in total. The van der Waals surface area contributed by atoms with Gasteiger partial charge in [-0.15, -0.1) is 0 Å². The molecule has 1 aromatic carbocycles. The van der Waals surface area contributed by atoms with Crippen LogP contribution in [0.25, 0.3) is 0 Å². The number of aromatic nitrogens is 2. The SMILES string of the molecule is Nc1c([N+](=O)[O-])cnn1Cc1ccc(F)cc1C(F)(F)F. The molecule has 112 valence electrons. The first-order valence-electron chi connectivity index (χ1n) is 5.51. The van der Waals surface area contributed by atoms with E-state index in [1.807, 2.05) is 0 Å². The summed E-state index contributed by atoms with van der Waals surface area (Å²) in [7, 11) is 0. The number of nitrogen functional groups attached to an aromatic ring is 1. The molecule has 0 saturated heterocycles. The van der Waals surface area contributed by atoms with Gasteiger partial charge in [0.05, 0.1) is 17.0 Å². The van der Waals surface area contributed by atoms with Gasteiger partial charge in [0.15, 0.2) is 0 Å². The first-order valence-corrected chi connectivity index (χ1v) is 5.51. The zero-order valence-electron chi connectivity index (χ0n) is 10.3. The van der Waals surface area contributed by atoms with Gasteiger partial charge in [-0.2, -0.15) is 18.3 Å². The summed E-state index contributed by atoms with van der Waals surface area (Å²) in [4.78, 5) is 9.80. The molecule has 6 nitrogen and oxygen atoms in total. The molecule has 0 unspecified atom stereocenters. The van der Waals surface area contributed by atoms with E-state index in [0.717, 1.165) is 23.0 Å². The number of nitrogens with zero attached hydrogens (tertiary/aromatic N) is 3. The van der Waals surface area contributed by atoms with Gasteiger partial charge in [0, 0.05) is 0 Å². The molecular formula is C11H8F4N4O2. The summed E-state index contributed by atoms with van der Waals surface area (Å²) in [6, 6.07) is 2.15. The summed E-state index contributed by atoms with van der Waals surface area (Å²) >= 11 is 0. The average Bonchev–Trinajstić information content (AvgIpc) is 2.72. The van der Waals surface area contributed by atoms with Gasteiger partial charge < -0.3 is 5.73 Å². The predicted molar refractivity (Wildman–Crippen MR) is 63.8 cm³/mol. The van der Waals surface area contributed by atoms with Gasteiger partial charge in [0.25, 0.3) is 0 Å². The van der Waals surface area contributed by atoms with Crippen molar-refractivity contribution in [1.82, 2.24) is 9.78 Å². The van der Waals surface area contributed by atoms with Crippen molar-refractivity contribution in [1.29, 1.82) is 0 Å². The van der Waals surface area contributed by atoms with Gasteiger partial charge in [-0.3, -0.25) is 10.1 Å². The van der Waals surface area contributed by atoms with Crippen LogP contribution in [0, 0.1) is 15.9 Å². The minimum absolute atomic E-state index is 0.298. The van der Waals surface area contributed by atoms with E-state index in [-0.39, 0.29) is 11.4 Å².